The molecule has 1 heterocycles. The molecule has 0 saturated heterocycles. The van der Waals surface area contributed by atoms with Crippen LogP contribution in [0.15, 0.2) is 31.0 Å². The highest BCUT2D eigenvalue weighted by molar-refractivity contribution is 14.1. The molecule has 0 aliphatic rings. The van der Waals surface area contributed by atoms with Gasteiger partial charge < -0.3 is 5.11 Å². The van der Waals surface area contributed by atoms with Gasteiger partial charge in [0.25, 0.3) is 0 Å². The van der Waals surface area contributed by atoms with Crippen LogP contribution >= 0.6 is 22.6 Å². The van der Waals surface area contributed by atoms with Gasteiger partial charge in [-0.15, -0.1) is 6.58 Å². The SMILES string of the molecule is C=CC(O)c1ccc(I)cn1. The van der Waals surface area contributed by atoms with Crippen molar-refractivity contribution in [3.63, 3.8) is 0 Å². The van der Waals surface area contributed by atoms with Gasteiger partial charge in [0.15, 0.2) is 0 Å². The average Bonchev–Trinajstić information content (AvgIpc) is 2.05. The molecule has 0 bridgehead atoms. The number of aromatic nitrogens is 1. The molecule has 1 N–H and O–H groups in total. The molecule has 0 saturated carbocycles. The zero-order valence-corrected chi connectivity index (χ0v) is 8.02. The largest absolute Gasteiger partial charge is 0.383 e. The van der Waals surface area contributed by atoms with Crippen molar-refractivity contribution in [2.24, 2.45) is 0 Å². The van der Waals surface area contributed by atoms with Crippen LogP contribution < -0.4 is 0 Å². The molecule has 2 nitrogen and oxygen atoms in total. The van der Waals surface area contributed by atoms with Crippen molar-refractivity contribution in [1.29, 1.82) is 0 Å². The molecule has 0 aliphatic carbocycles. The van der Waals surface area contributed by atoms with Crippen LogP contribution in [0.5, 0.6) is 0 Å². The molecule has 1 rings (SSSR count). The normalized spacial score (nSPS) is 12.5. The van der Waals surface area contributed by atoms with Crippen LogP contribution in [0.2, 0.25) is 0 Å². The van der Waals surface area contributed by atoms with Crippen molar-refractivity contribution in [1.82, 2.24) is 4.98 Å². The maximum Gasteiger partial charge on any atom is 0.114 e. The van der Waals surface area contributed by atoms with Gasteiger partial charge in [-0.05, 0) is 34.7 Å². The Kier molecular flexibility index (Phi) is 3.02. The molecule has 1 aromatic heterocycles. The quantitative estimate of drug-likeness (QED) is 0.651. The van der Waals surface area contributed by atoms with E-state index in [1.165, 1.54) is 6.08 Å². The second-order valence-corrected chi connectivity index (χ2v) is 3.33. The molecule has 0 radical (unpaired) electrons. The van der Waals surface area contributed by atoms with E-state index in [2.05, 4.69) is 34.2 Å². The molecule has 3 heteroatoms. The molecule has 0 aromatic carbocycles. The number of aliphatic hydroxyl groups is 1. The summed E-state index contributed by atoms with van der Waals surface area (Å²) in [6.45, 7) is 3.47. The number of nitrogens with zero attached hydrogens (tertiary/aromatic N) is 1. The Balaban J connectivity index is 2.89. The van der Waals surface area contributed by atoms with Gasteiger partial charge >= 0.3 is 0 Å². The average molecular weight is 261 g/mol. The number of halogens is 1. The van der Waals surface area contributed by atoms with Gasteiger partial charge in [0, 0.05) is 9.77 Å². The van der Waals surface area contributed by atoms with Gasteiger partial charge in [0.2, 0.25) is 0 Å². The topological polar surface area (TPSA) is 33.1 Å². The summed E-state index contributed by atoms with van der Waals surface area (Å²) in [6, 6.07) is 3.68. The lowest BCUT2D eigenvalue weighted by atomic mass is 10.2. The molecule has 0 amide bonds. The van der Waals surface area contributed by atoms with Gasteiger partial charge in [-0.3, -0.25) is 4.98 Å². The standard InChI is InChI=1S/C8H8INO/c1-2-8(11)7-4-3-6(9)5-10-7/h2-5,8,11H,1H2. The summed E-state index contributed by atoms with van der Waals surface area (Å²) in [5, 5.41) is 9.24. The molecule has 1 unspecified atom stereocenters. The molecule has 0 aliphatic heterocycles. The number of pyridine rings is 1. The molecule has 58 valence electrons. The summed E-state index contributed by atoms with van der Waals surface area (Å²) in [7, 11) is 0. The third-order valence-corrected chi connectivity index (χ3v) is 1.91. The summed E-state index contributed by atoms with van der Waals surface area (Å²) in [5.74, 6) is 0. The minimum absolute atomic E-state index is 0.639. The first-order chi connectivity index (χ1) is 5.24. The Hall–Kier alpha value is -0.420. The Labute approximate surface area is 79.1 Å². The second-order valence-electron chi connectivity index (χ2n) is 2.08. The molecule has 11 heavy (non-hydrogen) atoms. The first-order valence-electron chi connectivity index (χ1n) is 3.16. The van der Waals surface area contributed by atoms with E-state index in [4.69, 9.17) is 0 Å². The predicted octanol–water partition coefficient (Wildman–Crippen LogP) is 1.91. The number of aliphatic hydroxyl groups excluding tert-OH is 1. The lowest BCUT2D eigenvalue weighted by Crippen LogP contribution is -1.95. The number of hydrogen-bond acceptors (Lipinski definition) is 2. The highest BCUT2D eigenvalue weighted by Gasteiger charge is 2.01. The van der Waals surface area contributed by atoms with Crippen LogP contribution in [-0.2, 0) is 0 Å². The summed E-state index contributed by atoms with van der Waals surface area (Å²) in [5.41, 5.74) is 0.639. The van der Waals surface area contributed by atoms with Crippen molar-refractivity contribution in [3.05, 3.63) is 40.2 Å². The Morgan fingerprint density at radius 2 is 2.36 bits per heavy atom. The van der Waals surface area contributed by atoms with E-state index >= 15 is 0 Å². The minimum atomic E-state index is -0.646. The first kappa shape index (κ1) is 8.67. The fourth-order valence-electron chi connectivity index (χ4n) is 0.683. The van der Waals surface area contributed by atoms with Crippen molar-refractivity contribution in [3.8, 4) is 0 Å². The second kappa shape index (κ2) is 3.82. The van der Waals surface area contributed by atoms with E-state index in [0.717, 1.165) is 3.57 Å². The van der Waals surface area contributed by atoms with Crippen LogP contribution in [0.3, 0.4) is 0 Å². The van der Waals surface area contributed by atoms with E-state index in [0.29, 0.717) is 5.69 Å². The smallest absolute Gasteiger partial charge is 0.114 e. The van der Waals surface area contributed by atoms with Gasteiger partial charge in [0.05, 0.1) is 5.69 Å². The van der Waals surface area contributed by atoms with E-state index in [1.54, 1.807) is 12.3 Å². The molecule has 0 spiro atoms. The maximum absolute atomic E-state index is 9.24. The van der Waals surface area contributed by atoms with Gasteiger partial charge in [-0.2, -0.15) is 0 Å². The molecule has 1 atom stereocenters. The third kappa shape index (κ3) is 2.27. The van der Waals surface area contributed by atoms with Gasteiger partial charge in [-0.25, -0.2) is 0 Å². The van der Waals surface area contributed by atoms with Crippen LogP contribution in [0, 0.1) is 3.57 Å². The Bertz CT molecular complexity index is 245. The summed E-state index contributed by atoms with van der Waals surface area (Å²) in [6.07, 6.45) is 2.52. The summed E-state index contributed by atoms with van der Waals surface area (Å²) >= 11 is 2.16. The highest BCUT2D eigenvalue weighted by atomic mass is 127. The van der Waals surface area contributed by atoms with Crippen molar-refractivity contribution < 1.29 is 5.11 Å². The van der Waals surface area contributed by atoms with Gasteiger partial charge in [-0.1, -0.05) is 6.08 Å². The Morgan fingerprint density at radius 3 is 2.82 bits per heavy atom. The lowest BCUT2D eigenvalue weighted by molar-refractivity contribution is 0.224. The lowest BCUT2D eigenvalue weighted by Gasteiger charge is -2.02. The Morgan fingerprint density at radius 1 is 1.64 bits per heavy atom. The van der Waals surface area contributed by atoms with Crippen molar-refractivity contribution in [2.45, 2.75) is 6.10 Å². The van der Waals surface area contributed by atoms with Crippen LogP contribution in [0.1, 0.15) is 11.8 Å². The maximum atomic E-state index is 9.24. The van der Waals surface area contributed by atoms with Crippen LogP contribution in [0.4, 0.5) is 0 Å². The van der Waals surface area contributed by atoms with Crippen LogP contribution in [-0.4, -0.2) is 10.1 Å². The summed E-state index contributed by atoms with van der Waals surface area (Å²) in [4.78, 5) is 4.02. The van der Waals surface area contributed by atoms with Crippen molar-refractivity contribution in [2.75, 3.05) is 0 Å². The minimum Gasteiger partial charge on any atom is -0.383 e. The fraction of sp³-hybridized carbons (Fsp3) is 0.125. The van der Waals surface area contributed by atoms with E-state index in [-0.39, 0.29) is 0 Å². The van der Waals surface area contributed by atoms with E-state index in [1.807, 2.05) is 6.07 Å². The summed E-state index contributed by atoms with van der Waals surface area (Å²) < 4.78 is 1.06. The molecule has 1 aromatic rings. The number of rotatable bonds is 2. The zero-order valence-electron chi connectivity index (χ0n) is 5.87. The highest BCUT2D eigenvalue weighted by Crippen LogP contribution is 2.11. The monoisotopic (exact) mass is 261 g/mol. The zero-order chi connectivity index (χ0) is 8.27. The van der Waals surface area contributed by atoms with Gasteiger partial charge in [0.1, 0.15) is 6.10 Å². The van der Waals surface area contributed by atoms with E-state index in [9.17, 15) is 5.11 Å². The van der Waals surface area contributed by atoms with Crippen molar-refractivity contribution >= 4 is 22.6 Å². The van der Waals surface area contributed by atoms with E-state index < -0.39 is 6.10 Å². The number of hydrogen-bond donors (Lipinski definition) is 1. The fourth-order valence-corrected chi connectivity index (χ4v) is 1.00. The third-order valence-electron chi connectivity index (χ3n) is 1.28. The molecular formula is C8H8INO. The van der Waals surface area contributed by atoms with Crippen LogP contribution in [0.25, 0.3) is 0 Å². The molecule has 0 fully saturated rings. The molecular weight excluding hydrogens is 253 g/mol. The predicted molar refractivity (Wildman–Crippen MR) is 52.1 cm³/mol. The first-order valence-corrected chi connectivity index (χ1v) is 4.24.